The highest BCUT2D eigenvalue weighted by molar-refractivity contribution is 5.54. The molecule has 0 aromatic heterocycles. The van der Waals surface area contributed by atoms with Crippen LogP contribution >= 0.6 is 0 Å². The van der Waals surface area contributed by atoms with E-state index in [1.54, 1.807) is 0 Å². The molecule has 3 rings (SSSR count). The van der Waals surface area contributed by atoms with E-state index in [1.807, 2.05) is 59.8 Å². The lowest BCUT2D eigenvalue weighted by Crippen LogP contribution is -2.15. The summed E-state index contributed by atoms with van der Waals surface area (Å²) in [6.45, 7) is 93.3. The van der Waals surface area contributed by atoms with Gasteiger partial charge in [-0.2, -0.15) is 0 Å². The zero-order chi connectivity index (χ0) is 76.3. The van der Waals surface area contributed by atoms with Gasteiger partial charge in [0.2, 0.25) is 0 Å². The first-order valence-electron chi connectivity index (χ1n) is 37.5. The van der Waals surface area contributed by atoms with Crippen LogP contribution < -0.4 is 0 Å². The van der Waals surface area contributed by atoms with Crippen LogP contribution in [-0.4, -0.2) is 6.29 Å². The van der Waals surface area contributed by atoms with Crippen molar-refractivity contribution in [3.8, 4) is 0 Å². The van der Waals surface area contributed by atoms with Gasteiger partial charge in [0.15, 0.2) is 0 Å². The molecule has 95 heavy (non-hydrogen) atoms. The van der Waals surface area contributed by atoms with E-state index in [4.69, 9.17) is 4.79 Å². The first kappa shape index (κ1) is 111. The summed E-state index contributed by atoms with van der Waals surface area (Å²) in [7, 11) is 0. The standard InChI is InChI=1S/C21H30.C20H28.C15H22.C8H16.C7H14.C6H14.C5H12.C2H4O.3C2H6.2C2H4/c1-6-9-15-19(13-7-2)18(5)20(8-3)21-16-12-10-11-14-17(21)4;1-5-16-20(3,4)17-9-7-8-11-19-13-10-12-18(6-2)14-15-19;1-5-9-12(3)14(6-2)15-11-8-7-10-13(15)4;1-7(2)6-8(3,4)5;1-3-5-7-6-4-2;1-5-6(2,3)4;1-4-5(2)3;1-2-3;5*1-2/h7-8,10-11,14,16,18-19H,2,6,9,13,15H2,1,3-5H3;8-9,11,13-18H,1,6-7,10,12H2,2-4H3;6,8,11H,3,5,7,9-10H2,1-2,4H3;1,6H2,2-5H3;3H,1,4-7H2,2H3;5H2,1-4H3;5H,4H2,1-3H3;2H,1H3;3*1-2H3;2*1-2H2/b20-8-;11-8+,17-9-;14-6-;;;;;;;;;;. The van der Waals surface area contributed by atoms with Gasteiger partial charge in [-0.05, 0) is 210 Å². The Bertz CT molecular complexity index is 2250. The van der Waals surface area contributed by atoms with Crippen LogP contribution in [0.3, 0.4) is 0 Å². The lowest BCUT2D eigenvalue weighted by molar-refractivity contribution is -0.106. The van der Waals surface area contributed by atoms with Crippen molar-refractivity contribution in [2.24, 2.45) is 39.9 Å². The quantitative estimate of drug-likeness (QED) is 0.0309. The van der Waals surface area contributed by atoms with Gasteiger partial charge in [-0.1, -0.05) is 320 Å². The van der Waals surface area contributed by atoms with Crippen LogP contribution in [0, 0.1) is 39.9 Å². The Labute approximate surface area is 600 Å². The number of hydrogen-bond acceptors (Lipinski definition) is 1. The molecule has 0 radical (unpaired) electrons. The number of hydrogen-bond donors (Lipinski definition) is 0. The molecule has 0 aliphatic heterocycles. The molecule has 0 aromatic rings. The molecule has 0 fully saturated rings. The fourth-order valence-corrected chi connectivity index (χ4v) is 8.90. The van der Waals surface area contributed by atoms with Crippen molar-refractivity contribution in [1.29, 1.82) is 0 Å². The van der Waals surface area contributed by atoms with E-state index in [0.29, 0.717) is 22.7 Å². The van der Waals surface area contributed by atoms with E-state index in [-0.39, 0.29) is 5.41 Å². The molecule has 0 saturated carbocycles. The van der Waals surface area contributed by atoms with Crippen molar-refractivity contribution >= 4 is 6.29 Å². The van der Waals surface area contributed by atoms with Crippen LogP contribution in [0.2, 0.25) is 0 Å². The third-order valence-corrected chi connectivity index (χ3v) is 14.7. The van der Waals surface area contributed by atoms with E-state index >= 15 is 0 Å². The number of allylic oxidation sites excluding steroid dienone is 26. The predicted octanol–water partition coefficient (Wildman–Crippen LogP) is 32.8. The third kappa shape index (κ3) is 79.1. The molecule has 0 aromatic carbocycles. The number of carbonyl (C=O) groups is 1. The summed E-state index contributed by atoms with van der Waals surface area (Å²) in [6, 6.07) is 0. The highest BCUT2D eigenvalue weighted by Gasteiger charge is 2.22. The van der Waals surface area contributed by atoms with Gasteiger partial charge in [-0.3, -0.25) is 0 Å². The van der Waals surface area contributed by atoms with Crippen molar-refractivity contribution in [2.45, 2.75) is 323 Å². The first-order valence-corrected chi connectivity index (χ1v) is 37.5. The maximum absolute atomic E-state index is 8.81. The van der Waals surface area contributed by atoms with Crippen molar-refractivity contribution in [1.82, 2.24) is 0 Å². The molecule has 1 nitrogen and oxygen atoms in total. The van der Waals surface area contributed by atoms with E-state index in [2.05, 4.69) is 314 Å². The van der Waals surface area contributed by atoms with Crippen LogP contribution in [0.1, 0.15) is 323 Å². The van der Waals surface area contributed by atoms with Crippen molar-refractivity contribution < 1.29 is 4.79 Å². The molecule has 0 bridgehead atoms. The monoisotopic (exact) mass is 1310 g/mol. The minimum atomic E-state index is 0.0471. The minimum Gasteiger partial charge on any atom is -0.304 e. The van der Waals surface area contributed by atoms with Crippen molar-refractivity contribution in [3.05, 3.63) is 230 Å². The van der Waals surface area contributed by atoms with Gasteiger partial charge in [0, 0.05) is 5.41 Å². The molecule has 0 saturated heterocycles. The molecular weight excluding hydrogens is 1150 g/mol. The van der Waals surface area contributed by atoms with E-state index in [0.717, 1.165) is 43.8 Å². The van der Waals surface area contributed by atoms with Gasteiger partial charge < -0.3 is 4.79 Å². The highest BCUT2D eigenvalue weighted by atomic mass is 16.1. The molecule has 0 amide bonds. The highest BCUT2D eigenvalue weighted by Crippen LogP contribution is 2.35. The summed E-state index contributed by atoms with van der Waals surface area (Å²) in [4.78, 5) is 8.81. The number of rotatable bonds is 24. The molecule has 1 heteroatoms. The van der Waals surface area contributed by atoms with Crippen molar-refractivity contribution in [3.63, 3.8) is 0 Å². The van der Waals surface area contributed by atoms with Crippen molar-refractivity contribution in [2.75, 3.05) is 0 Å². The Morgan fingerprint density at radius 1 is 0.737 bits per heavy atom. The van der Waals surface area contributed by atoms with Crippen LogP contribution in [0.15, 0.2) is 230 Å². The maximum Gasteiger partial charge on any atom is 0.116 e. The summed E-state index contributed by atoms with van der Waals surface area (Å²) in [5.41, 5.74) is 19.4. The summed E-state index contributed by atoms with van der Waals surface area (Å²) < 4.78 is 0. The fourth-order valence-electron chi connectivity index (χ4n) is 8.90. The lowest BCUT2D eigenvalue weighted by atomic mass is 9.78. The Kier molecular flexibility index (Phi) is 94.6. The summed E-state index contributed by atoms with van der Waals surface area (Å²) in [5.74, 6) is 2.87. The smallest absolute Gasteiger partial charge is 0.116 e. The molecule has 3 unspecified atom stereocenters. The topological polar surface area (TPSA) is 17.1 Å². The zero-order valence-electron chi connectivity index (χ0n) is 69.5. The second-order valence-electron chi connectivity index (χ2n) is 26.5. The Balaban J connectivity index is -0.000000113. The summed E-state index contributed by atoms with van der Waals surface area (Å²) in [6.07, 6.45) is 63.2. The number of aldehydes is 1. The van der Waals surface area contributed by atoms with Gasteiger partial charge >= 0.3 is 0 Å². The largest absolute Gasteiger partial charge is 0.304 e. The molecule has 3 aliphatic carbocycles. The maximum atomic E-state index is 8.81. The third-order valence-electron chi connectivity index (χ3n) is 14.7. The van der Waals surface area contributed by atoms with Crippen LogP contribution in [0.5, 0.6) is 0 Å². The summed E-state index contributed by atoms with van der Waals surface area (Å²) >= 11 is 0. The fraction of sp³-hybridized carbons (Fsp3) is 0.585. The SMILES string of the molecule is C=C.C=C.C=C(C)CC(C)(C)C.C=C(CCC)/C(=C/C)C1=C(C)CCC=C1.C=C=CC(C)(C)/C=C\C/C=C/C1=CCCC(CC)C=C1.C=CCC(CCCC)C(C)/C(=C/C)C1=C(C)C=CC=C=C1.C=CCCCCC.CC.CC.CC.CC=O.CCC(C)(C)C.CCC(C)C. The molecular formula is C94H166O. The lowest BCUT2D eigenvalue weighted by Gasteiger charge is -2.27. The van der Waals surface area contributed by atoms with E-state index < -0.39 is 0 Å². The predicted molar refractivity (Wildman–Crippen MR) is 451 cm³/mol. The summed E-state index contributed by atoms with van der Waals surface area (Å²) in [5, 5.41) is 0. The van der Waals surface area contributed by atoms with Crippen LogP contribution in [-0.2, 0) is 4.79 Å². The first-order chi connectivity index (χ1) is 45.0. The second kappa shape index (κ2) is 81.0. The Morgan fingerprint density at radius 3 is 1.68 bits per heavy atom. The molecule has 0 N–H and O–H groups in total. The van der Waals surface area contributed by atoms with Gasteiger partial charge in [0.25, 0.3) is 0 Å². The van der Waals surface area contributed by atoms with E-state index in [1.165, 1.54) is 153 Å². The van der Waals surface area contributed by atoms with Gasteiger partial charge in [-0.25, -0.2) is 0 Å². The molecule has 3 atom stereocenters. The molecule has 548 valence electrons. The molecule has 0 heterocycles. The Morgan fingerprint density at radius 2 is 1.28 bits per heavy atom. The van der Waals surface area contributed by atoms with Gasteiger partial charge in [0.1, 0.15) is 6.29 Å². The normalized spacial score (nSPS) is 14.1. The molecule has 0 spiro atoms. The average molecular weight is 1310 g/mol. The van der Waals surface area contributed by atoms with Gasteiger partial charge in [0.05, 0.1) is 0 Å². The Hall–Kier alpha value is -5.45. The number of carbonyl (C=O) groups excluding carboxylic acids is 1. The van der Waals surface area contributed by atoms with E-state index in [9.17, 15) is 0 Å². The molecule has 3 aliphatic rings. The van der Waals surface area contributed by atoms with Crippen LogP contribution in [0.4, 0.5) is 0 Å². The minimum absolute atomic E-state index is 0.0471. The van der Waals surface area contributed by atoms with Gasteiger partial charge in [-0.15, -0.1) is 57.5 Å². The van der Waals surface area contributed by atoms with Crippen LogP contribution in [0.25, 0.3) is 0 Å². The zero-order valence-corrected chi connectivity index (χ0v) is 69.5. The number of unbranched alkanes of at least 4 members (excludes halogenated alkanes) is 4. The second-order valence-corrected chi connectivity index (χ2v) is 26.5. The average Bonchev–Trinajstić information content (AvgIpc) is 1.68.